The lowest BCUT2D eigenvalue weighted by Gasteiger charge is -2.24. The Labute approximate surface area is 159 Å². The van der Waals surface area contributed by atoms with Crippen LogP contribution in [0, 0.1) is 0 Å². The number of carbonyl (C=O) groups excluding carboxylic acids is 2. The maximum absolute atomic E-state index is 12.9. The minimum absolute atomic E-state index is 0.0499. The van der Waals surface area contributed by atoms with Crippen LogP contribution in [-0.4, -0.2) is 36.4 Å². The normalized spacial score (nSPS) is 16.0. The summed E-state index contributed by atoms with van der Waals surface area (Å²) >= 11 is 0. The van der Waals surface area contributed by atoms with Gasteiger partial charge in [-0.1, -0.05) is 36.4 Å². The average molecular weight is 364 g/mol. The van der Waals surface area contributed by atoms with Crippen LogP contribution in [-0.2, 0) is 9.59 Å². The highest BCUT2D eigenvalue weighted by Gasteiger charge is 2.33. The second-order valence-electron chi connectivity index (χ2n) is 6.50. The van der Waals surface area contributed by atoms with Crippen molar-refractivity contribution < 1.29 is 14.3 Å². The maximum atomic E-state index is 12.9. The molecule has 0 aliphatic carbocycles. The van der Waals surface area contributed by atoms with Crippen molar-refractivity contribution in [2.75, 3.05) is 19.0 Å². The molecule has 1 aliphatic heterocycles. The standard InChI is InChI=1S/C22H24N2O3/c1-3-7-21(25)24-15-6-10-20(24)22(26)23-19-9-5-4-8-18(19)16-11-13-17(27-2)14-12-16/h3-5,8-9,11-14,20H,1,6-7,10,15H2,2H3,(H,23,26)/t20-/m1/s1. The van der Waals surface area contributed by atoms with Crippen LogP contribution in [0.2, 0.25) is 0 Å². The highest BCUT2D eigenvalue weighted by atomic mass is 16.5. The van der Waals surface area contributed by atoms with Gasteiger partial charge in [0, 0.05) is 24.2 Å². The van der Waals surface area contributed by atoms with Crippen molar-refractivity contribution in [1.29, 1.82) is 0 Å². The minimum atomic E-state index is -0.429. The summed E-state index contributed by atoms with van der Waals surface area (Å²) in [6.07, 6.45) is 3.35. The molecule has 1 atom stereocenters. The Hall–Kier alpha value is -3.08. The first-order valence-electron chi connectivity index (χ1n) is 9.08. The first-order valence-corrected chi connectivity index (χ1v) is 9.08. The molecule has 0 unspecified atom stereocenters. The molecule has 3 rings (SSSR count). The quantitative estimate of drug-likeness (QED) is 0.792. The van der Waals surface area contributed by atoms with E-state index in [-0.39, 0.29) is 18.2 Å². The Balaban J connectivity index is 1.80. The third kappa shape index (κ3) is 4.19. The molecule has 5 nitrogen and oxygen atoms in total. The summed E-state index contributed by atoms with van der Waals surface area (Å²) in [6, 6.07) is 14.9. The SMILES string of the molecule is C=CCC(=O)N1CCC[C@@H]1C(=O)Nc1ccccc1-c1ccc(OC)cc1. The molecular formula is C22H24N2O3. The molecule has 2 aromatic rings. The molecule has 0 bridgehead atoms. The molecular weight excluding hydrogens is 340 g/mol. The third-order valence-corrected chi connectivity index (χ3v) is 4.78. The summed E-state index contributed by atoms with van der Waals surface area (Å²) in [5.74, 6) is 0.583. The van der Waals surface area contributed by atoms with Gasteiger partial charge in [-0.05, 0) is 36.6 Å². The second kappa shape index (κ2) is 8.54. The molecule has 140 valence electrons. The van der Waals surface area contributed by atoms with Gasteiger partial charge in [-0.2, -0.15) is 0 Å². The molecule has 5 heteroatoms. The molecule has 1 aliphatic rings. The Morgan fingerprint density at radius 1 is 1.22 bits per heavy atom. The number of amides is 2. The van der Waals surface area contributed by atoms with Gasteiger partial charge in [-0.15, -0.1) is 6.58 Å². The highest BCUT2D eigenvalue weighted by Crippen LogP contribution is 2.30. The second-order valence-corrected chi connectivity index (χ2v) is 6.50. The lowest BCUT2D eigenvalue weighted by molar-refractivity contribution is -0.135. The van der Waals surface area contributed by atoms with E-state index in [1.165, 1.54) is 0 Å². The number of carbonyl (C=O) groups is 2. The van der Waals surface area contributed by atoms with Gasteiger partial charge in [0.2, 0.25) is 11.8 Å². The van der Waals surface area contributed by atoms with Crippen molar-refractivity contribution in [3.8, 4) is 16.9 Å². The van der Waals surface area contributed by atoms with E-state index in [1.807, 2.05) is 48.5 Å². The van der Waals surface area contributed by atoms with Gasteiger partial charge in [-0.25, -0.2) is 0 Å². The van der Waals surface area contributed by atoms with Crippen LogP contribution >= 0.6 is 0 Å². The molecule has 1 fully saturated rings. The largest absolute Gasteiger partial charge is 0.497 e. The van der Waals surface area contributed by atoms with E-state index >= 15 is 0 Å². The van der Waals surface area contributed by atoms with Crippen LogP contribution in [0.4, 0.5) is 5.69 Å². The minimum Gasteiger partial charge on any atom is -0.497 e. The molecule has 0 aromatic heterocycles. The zero-order chi connectivity index (χ0) is 19.2. The fourth-order valence-electron chi connectivity index (χ4n) is 3.41. The van der Waals surface area contributed by atoms with Crippen LogP contribution in [0.25, 0.3) is 11.1 Å². The Morgan fingerprint density at radius 3 is 2.67 bits per heavy atom. The van der Waals surface area contributed by atoms with Gasteiger partial charge in [0.05, 0.1) is 7.11 Å². The predicted octanol–water partition coefficient (Wildman–Crippen LogP) is 3.87. The van der Waals surface area contributed by atoms with Crippen molar-refractivity contribution in [2.45, 2.75) is 25.3 Å². The van der Waals surface area contributed by atoms with Gasteiger partial charge < -0.3 is 15.0 Å². The zero-order valence-electron chi connectivity index (χ0n) is 15.5. The molecule has 1 N–H and O–H groups in total. The predicted molar refractivity (Wildman–Crippen MR) is 107 cm³/mol. The summed E-state index contributed by atoms with van der Waals surface area (Å²) in [6.45, 7) is 4.23. The van der Waals surface area contributed by atoms with E-state index in [9.17, 15) is 9.59 Å². The van der Waals surface area contributed by atoms with Crippen molar-refractivity contribution in [1.82, 2.24) is 4.90 Å². The molecule has 1 heterocycles. The maximum Gasteiger partial charge on any atom is 0.247 e. The van der Waals surface area contributed by atoms with Crippen LogP contribution in [0.3, 0.4) is 0 Å². The number of nitrogens with zero attached hydrogens (tertiary/aromatic N) is 1. The topological polar surface area (TPSA) is 58.6 Å². The number of benzene rings is 2. The molecule has 27 heavy (non-hydrogen) atoms. The van der Waals surface area contributed by atoms with E-state index in [1.54, 1.807) is 18.1 Å². The zero-order valence-corrected chi connectivity index (χ0v) is 15.5. The fraction of sp³-hybridized carbons (Fsp3) is 0.273. The van der Waals surface area contributed by atoms with E-state index in [2.05, 4.69) is 11.9 Å². The van der Waals surface area contributed by atoms with E-state index < -0.39 is 6.04 Å². The first-order chi connectivity index (χ1) is 13.1. The van der Waals surface area contributed by atoms with Crippen molar-refractivity contribution >= 4 is 17.5 Å². The number of likely N-dealkylation sites (tertiary alicyclic amines) is 1. The number of anilines is 1. The molecule has 0 saturated carbocycles. The Kier molecular flexibility index (Phi) is 5.91. The van der Waals surface area contributed by atoms with Gasteiger partial charge in [0.15, 0.2) is 0 Å². The molecule has 1 saturated heterocycles. The van der Waals surface area contributed by atoms with Crippen LogP contribution < -0.4 is 10.1 Å². The number of hydrogen-bond acceptors (Lipinski definition) is 3. The Bertz CT molecular complexity index is 830. The van der Waals surface area contributed by atoms with Crippen molar-refractivity contribution in [3.63, 3.8) is 0 Å². The fourth-order valence-corrected chi connectivity index (χ4v) is 3.41. The van der Waals surface area contributed by atoms with Crippen LogP contribution in [0.5, 0.6) is 5.75 Å². The van der Waals surface area contributed by atoms with Crippen LogP contribution in [0.1, 0.15) is 19.3 Å². The molecule has 2 amide bonds. The number of nitrogens with one attached hydrogen (secondary N) is 1. The first kappa shape index (κ1) is 18.7. The van der Waals surface area contributed by atoms with Gasteiger partial charge in [0.25, 0.3) is 0 Å². The van der Waals surface area contributed by atoms with Crippen LogP contribution in [0.15, 0.2) is 61.2 Å². The molecule has 0 spiro atoms. The van der Waals surface area contributed by atoms with Gasteiger partial charge in [-0.3, -0.25) is 9.59 Å². The van der Waals surface area contributed by atoms with E-state index in [0.717, 1.165) is 29.0 Å². The Morgan fingerprint density at radius 2 is 1.96 bits per heavy atom. The third-order valence-electron chi connectivity index (χ3n) is 4.78. The lowest BCUT2D eigenvalue weighted by atomic mass is 10.0. The monoisotopic (exact) mass is 364 g/mol. The lowest BCUT2D eigenvalue weighted by Crippen LogP contribution is -2.43. The number of methoxy groups -OCH3 is 1. The summed E-state index contributed by atoms with van der Waals surface area (Å²) in [4.78, 5) is 26.8. The number of ether oxygens (including phenoxy) is 1. The van der Waals surface area contributed by atoms with Crippen molar-refractivity contribution in [2.24, 2.45) is 0 Å². The molecule has 0 radical (unpaired) electrons. The summed E-state index contributed by atoms with van der Waals surface area (Å²) < 4.78 is 5.21. The summed E-state index contributed by atoms with van der Waals surface area (Å²) in [7, 11) is 1.63. The van der Waals surface area contributed by atoms with E-state index in [0.29, 0.717) is 13.0 Å². The number of hydrogen-bond donors (Lipinski definition) is 1. The van der Waals surface area contributed by atoms with E-state index in [4.69, 9.17) is 4.74 Å². The number of rotatable bonds is 6. The van der Waals surface area contributed by atoms with Gasteiger partial charge >= 0.3 is 0 Å². The van der Waals surface area contributed by atoms with Gasteiger partial charge in [0.1, 0.15) is 11.8 Å². The molecule has 2 aromatic carbocycles. The van der Waals surface area contributed by atoms with Crippen molar-refractivity contribution in [3.05, 3.63) is 61.2 Å². The number of para-hydroxylation sites is 1. The summed E-state index contributed by atoms with van der Waals surface area (Å²) in [5.41, 5.74) is 2.64. The highest BCUT2D eigenvalue weighted by molar-refractivity contribution is 6.00. The summed E-state index contributed by atoms with van der Waals surface area (Å²) in [5, 5.41) is 3.02. The smallest absolute Gasteiger partial charge is 0.247 e. The average Bonchev–Trinajstić information content (AvgIpc) is 3.19.